The smallest absolute Gasteiger partial charge is 0.137 e. The second kappa shape index (κ2) is 5.67. The number of thiophene rings is 1. The Morgan fingerprint density at radius 3 is 2.82 bits per heavy atom. The van der Waals surface area contributed by atoms with Crippen LogP contribution in [0, 0.1) is 6.92 Å². The predicted octanol–water partition coefficient (Wildman–Crippen LogP) is 3.81. The molecule has 90 valence electrons. The van der Waals surface area contributed by atoms with Gasteiger partial charge in [0.1, 0.15) is 17.3 Å². The summed E-state index contributed by atoms with van der Waals surface area (Å²) in [5.74, 6) is 0.785. The third-order valence-electron chi connectivity index (χ3n) is 2.32. The quantitative estimate of drug-likeness (QED) is 0.869. The molecule has 0 fully saturated rings. The summed E-state index contributed by atoms with van der Waals surface area (Å²) >= 11 is 13.4. The van der Waals surface area contributed by atoms with Crippen LogP contribution in [-0.2, 0) is 6.42 Å². The van der Waals surface area contributed by atoms with Crippen LogP contribution in [0.25, 0.3) is 0 Å². The maximum atomic E-state index is 5.91. The fourth-order valence-corrected chi connectivity index (χ4v) is 2.62. The molecule has 2 aromatic heterocycles. The Kier molecular flexibility index (Phi) is 4.20. The molecule has 2 heterocycles. The number of rotatable bonds is 4. The minimum absolute atomic E-state index is 0.488. The van der Waals surface area contributed by atoms with Crippen molar-refractivity contribution in [3.63, 3.8) is 0 Å². The number of nitrogens with one attached hydrogen (secondary N) is 1. The van der Waals surface area contributed by atoms with Crippen molar-refractivity contribution in [3.8, 4) is 0 Å². The Bertz CT molecular complexity index is 513. The summed E-state index contributed by atoms with van der Waals surface area (Å²) in [5, 5.41) is 3.73. The number of anilines is 1. The summed E-state index contributed by atoms with van der Waals surface area (Å²) < 4.78 is 0.821. The molecule has 6 heteroatoms. The van der Waals surface area contributed by atoms with Crippen LogP contribution in [-0.4, -0.2) is 16.5 Å². The monoisotopic (exact) mass is 287 g/mol. The molecule has 0 saturated heterocycles. The predicted molar refractivity (Wildman–Crippen MR) is 73.3 cm³/mol. The van der Waals surface area contributed by atoms with E-state index < -0.39 is 0 Å². The van der Waals surface area contributed by atoms with Gasteiger partial charge in [0.25, 0.3) is 0 Å². The van der Waals surface area contributed by atoms with Crippen LogP contribution < -0.4 is 5.32 Å². The Labute approximate surface area is 114 Å². The summed E-state index contributed by atoms with van der Waals surface area (Å²) in [7, 11) is 0. The van der Waals surface area contributed by atoms with Gasteiger partial charge in [-0.3, -0.25) is 0 Å². The number of halogens is 2. The maximum absolute atomic E-state index is 5.91. The van der Waals surface area contributed by atoms with Crippen LogP contribution in [0.4, 0.5) is 5.82 Å². The molecule has 0 aromatic carbocycles. The van der Waals surface area contributed by atoms with E-state index in [0.717, 1.165) is 28.7 Å². The highest BCUT2D eigenvalue weighted by Crippen LogP contribution is 2.22. The highest BCUT2D eigenvalue weighted by molar-refractivity contribution is 7.16. The van der Waals surface area contributed by atoms with Crippen molar-refractivity contribution in [2.75, 3.05) is 11.9 Å². The molecule has 0 spiro atoms. The highest BCUT2D eigenvalue weighted by Gasteiger charge is 2.04. The summed E-state index contributed by atoms with van der Waals surface area (Å²) in [6, 6.07) is 3.95. The molecule has 0 radical (unpaired) electrons. The molecule has 2 rings (SSSR count). The molecule has 2 aromatic rings. The van der Waals surface area contributed by atoms with E-state index >= 15 is 0 Å². The molecular weight excluding hydrogens is 277 g/mol. The molecular formula is C11H11Cl2N3S. The van der Waals surface area contributed by atoms with Gasteiger partial charge < -0.3 is 5.32 Å². The summed E-state index contributed by atoms with van der Waals surface area (Å²) in [6.45, 7) is 2.69. The van der Waals surface area contributed by atoms with Gasteiger partial charge in [0.15, 0.2) is 0 Å². The average Bonchev–Trinajstić information content (AvgIpc) is 2.70. The number of aromatic nitrogens is 2. The first-order chi connectivity index (χ1) is 8.16. The van der Waals surface area contributed by atoms with E-state index in [0.29, 0.717) is 5.15 Å². The van der Waals surface area contributed by atoms with Gasteiger partial charge in [-0.05, 0) is 25.5 Å². The molecule has 0 saturated carbocycles. The molecule has 1 N–H and O–H groups in total. The minimum atomic E-state index is 0.488. The Morgan fingerprint density at radius 1 is 1.29 bits per heavy atom. The lowest BCUT2D eigenvalue weighted by Crippen LogP contribution is -2.07. The van der Waals surface area contributed by atoms with Gasteiger partial charge in [0, 0.05) is 17.0 Å². The molecule has 0 aliphatic carbocycles. The molecule has 3 nitrogen and oxygen atoms in total. The van der Waals surface area contributed by atoms with Crippen molar-refractivity contribution in [1.82, 2.24) is 9.97 Å². The van der Waals surface area contributed by atoms with Gasteiger partial charge in [0.05, 0.1) is 4.34 Å². The van der Waals surface area contributed by atoms with Gasteiger partial charge >= 0.3 is 0 Å². The maximum Gasteiger partial charge on any atom is 0.137 e. The average molecular weight is 288 g/mol. The second-order valence-corrected chi connectivity index (χ2v) is 5.68. The van der Waals surface area contributed by atoms with Crippen molar-refractivity contribution in [2.45, 2.75) is 13.3 Å². The first kappa shape index (κ1) is 12.6. The van der Waals surface area contributed by atoms with E-state index in [-0.39, 0.29) is 0 Å². The van der Waals surface area contributed by atoms with Crippen LogP contribution in [0.1, 0.15) is 10.4 Å². The van der Waals surface area contributed by atoms with E-state index in [2.05, 4.69) is 15.3 Å². The number of hydrogen-bond donors (Lipinski definition) is 1. The van der Waals surface area contributed by atoms with Gasteiger partial charge in [-0.1, -0.05) is 23.2 Å². The Morgan fingerprint density at radius 2 is 2.12 bits per heavy atom. The van der Waals surface area contributed by atoms with Crippen LogP contribution in [0.3, 0.4) is 0 Å². The third-order valence-corrected chi connectivity index (χ3v) is 3.99. The van der Waals surface area contributed by atoms with Crippen molar-refractivity contribution in [3.05, 3.63) is 38.4 Å². The first-order valence-corrected chi connectivity index (χ1v) is 6.69. The van der Waals surface area contributed by atoms with E-state index in [4.69, 9.17) is 23.2 Å². The SMILES string of the molecule is Cc1c(Cl)ncnc1NCCc1ccc(Cl)s1. The van der Waals surface area contributed by atoms with Crippen molar-refractivity contribution >= 4 is 40.4 Å². The van der Waals surface area contributed by atoms with E-state index in [9.17, 15) is 0 Å². The topological polar surface area (TPSA) is 37.8 Å². The Hall–Kier alpha value is -0.840. The van der Waals surface area contributed by atoms with E-state index in [1.165, 1.54) is 11.2 Å². The lowest BCUT2D eigenvalue weighted by Gasteiger charge is -2.07. The third kappa shape index (κ3) is 3.31. The van der Waals surface area contributed by atoms with Crippen LogP contribution in [0.2, 0.25) is 9.49 Å². The molecule has 0 aliphatic heterocycles. The van der Waals surface area contributed by atoms with E-state index in [1.54, 1.807) is 11.3 Å². The lowest BCUT2D eigenvalue weighted by atomic mass is 10.3. The van der Waals surface area contributed by atoms with Gasteiger partial charge in [-0.25, -0.2) is 9.97 Å². The molecule has 0 amide bonds. The molecule has 0 aliphatic rings. The van der Waals surface area contributed by atoms with Crippen molar-refractivity contribution in [2.24, 2.45) is 0 Å². The van der Waals surface area contributed by atoms with Crippen molar-refractivity contribution < 1.29 is 0 Å². The zero-order chi connectivity index (χ0) is 12.3. The van der Waals surface area contributed by atoms with Crippen LogP contribution >= 0.6 is 34.5 Å². The normalized spacial score (nSPS) is 10.5. The summed E-state index contributed by atoms with van der Waals surface area (Å²) in [6.07, 6.45) is 2.37. The highest BCUT2D eigenvalue weighted by atomic mass is 35.5. The van der Waals surface area contributed by atoms with Gasteiger partial charge in [0.2, 0.25) is 0 Å². The summed E-state index contributed by atoms with van der Waals surface area (Å²) in [5.41, 5.74) is 0.873. The summed E-state index contributed by atoms with van der Waals surface area (Å²) in [4.78, 5) is 9.30. The first-order valence-electron chi connectivity index (χ1n) is 5.12. The Balaban J connectivity index is 1.92. The second-order valence-electron chi connectivity index (χ2n) is 3.52. The molecule has 17 heavy (non-hydrogen) atoms. The molecule has 0 unspecified atom stereocenters. The van der Waals surface area contributed by atoms with Crippen molar-refractivity contribution in [1.29, 1.82) is 0 Å². The van der Waals surface area contributed by atoms with E-state index in [1.807, 2.05) is 19.1 Å². The largest absolute Gasteiger partial charge is 0.369 e. The minimum Gasteiger partial charge on any atom is -0.369 e. The van der Waals surface area contributed by atoms with Gasteiger partial charge in [-0.2, -0.15) is 0 Å². The standard InChI is InChI=1S/C11H11Cl2N3S/c1-7-10(13)15-6-16-11(7)14-5-4-8-2-3-9(12)17-8/h2-3,6H,4-5H2,1H3,(H,14,15,16). The van der Waals surface area contributed by atoms with Gasteiger partial charge in [-0.15, -0.1) is 11.3 Å². The van der Waals surface area contributed by atoms with Crippen LogP contribution in [0.5, 0.6) is 0 Å². The zero-order valence-corrected chi connectivity index (χ0v) is 11.5. The number of nitrogens with zero attached hydrogens (tertiary/aromatic N) is 2. The number of hydrogen-bond acceptors (Lipinski definition) is 4. The fraction of sp³-hybridized carbons (Fsp3) is 0.273. The van der Waals surface area contributed by atoms with Crippen LogP contribution in [0.15, 0.2) is 18.5 Å². The zero-order valence-electron chi connectivity index (χ0n) is 9.20. The molecule has 0 bridgehead atoms. The lowest BCUT2D eigenvalue weighted by molar-refractivity contribution is 1.01. The fourth-order valence-electron chi connectivity index (χ4n) is 1.40. The molecule has 0 atom stereocenters.